The first-order chi connectivity index (χ1) is 9.06. The summed E-state index contributed by atoms with van der Waals surface area (Å²) in [5.41, 5.74) is 2.66. The second kappa shape index (κ2) is 6.73. The van der Waals surface area contributed by atoms with Crippen LogP contribution in [-0.4, -0.2) is 0 Å². The van der Waals surface area contributed by atoms with Gasteiger partial charge in [-0.1, -0.05) is 38.1 Å². The smallest absolute Gasteiger partial charge is 0.183 e. The van der Waals surface area contributed by atoms with E-state index in [9.17, 15) is 0 Å². The van der Waals surface area contributed by atoms with Crippen molar-refractivity contribution in [3.05, 3.63) is 56.4 Å². The number of furan rings is 1. The summed E-state index contributed by atoms with van der Waals surface area (Å²) >= 11 is 6.74. The van der Waals surface area contributed by atoms with Gasteiger partial charge in [-0.25, -0.2) is 0 Å². The highest BCUT2D eigenvalue weighted by molar-refractivity contribution is 9.13. The number of benzene rings is 1. The first-order valence-corrected chi connectivity index (χ1v) is 7.88. The molecule has 0 amide bonds. The molecule has 0 spiro atoms. The second-order valence-corrected chi connectivity index (χ2v) is 6.41. The average Bonchev–Trinajstić information content (AvgIpc) is 2.69. The van der Waals surface area contributed by atoms with Crippen LogP contribution in [0.2, 0.25) is 0 Å². The monoisotopic (exact) mass is 385 g/mol. The average molecular weight is 387 g/mol. The van der Waals surface area contributed by atoms with Crippen LogP contribution >= 0.6 is 31.9 Å². The highest BCUT2D eigenvalue weighted by Crippen LogP contribution is 2.26. The van der Waals surface area contributed by atoms with Crippen molar-refractivity contribution in [1.29, 1.82) is 0 Å². The maximum absolute atomic E-state index is 5.51. The number of halogens is 2. The molecule has 1 heterocycles. The molecule has 0 saturated carbocycles. The van der Waals surface area contributed by atoms with Gasteiger partial charge in [0, 0.05) is 6.54 Å². The maximum atomic E-state index is 5.51. The lowest BCUT2D eigenvalue weighted by Gasteiger charge is -2.07. The molecular formula is C15H17Br2NO. The van der Waals surface area contributed by atoms with E-state index < -0.39 is 0 Å². The van der Waals surface area contributed by atoms with Gasteiger partial charge in [-0.3, -0.25) is 0 Å². The highest BCUT2D eigenvalue weighted by atomic mass is 79.9. The summed E-state index contributed by atoms with van der Waals surface area (Å²) in [5, 5.41) is 3.37. The molecule has 0 fully saturated rings. The van der Waals surface area contributed by atoms with Crippen molar-refractivity contribution < 1.29 is 4.42 Å². The Labute approximate surface area is 130 Å². The predicted molar refractivity (Wildman–Crippen MR) is 85.2 cm³/mol. The third kappa shape index (κ3) is 4.20. The number of nitrogens with one attached hydrogen (secondary N) is 1. The van der Waals surface area contributed by atoms with E-state index in [1.54, 1.807) is 0 Å². The van der Waals surface area contributed by atoms with Crippen LogP contribution in [0.25, 0.3) is 0 Å². The van der Waals surface area contributed by atoms with Crippen molar-refractivity contribution in [2.45, 2.75) is 32.9 Å². The van der Waals surface area contributed by atoms with Crippen LogP contribution in [0.4, 0.5) is 0 Å². The summed E-state index contributed by atoms with van der Waals surface area (Å²) in [5.74, 6) is 1.50. The lowest BCUT2D eigenvalue weighted by atomic mass is 10.0. The number of hydrogen-bond acceptors (Lipinski definition) is 2. The van der Waals surface area contributed by atoms with E-state index in [4.69, 9.17) is 4.42 Å². The molecule has 0 atom stereocenters. The molecular weight excluding hydrogens is 370 g/mol. The molecule has 19 heavy (non-hydrogen) atoms. The molecule has 0 aliphatic carbocycles. The fraction of sp³-hybridized carbons (Fsp3) is 0.333. The normalized spacial score (nSPS) is 11.2. The van der Waals surface area contributed by atoms with Crippen molar-refractivity contribution >= 4 is 31.9 Å². The maximum Gasteiger partial charge on any atom is 0.183 e. The minimum atomic E-state index is 0.583. The van der Waals surface area contributed by atoms with E-state index in [1.165, 1.54) is 11.1 Å². The Morgan fingerprint density at radius 1 is 1.11 bits per heavy atom. The van der Waals surface area contributed by atoms with Gasteiger partial charge in [0.15, 0.2) is 4.67 Å². The van der Waals surface area contributed by atoms with E-state index in [2.05, 4.69) is 75.3 Å². The van der Waals surface area contributed by atoms with Gasteiger partial charge >= 0.3 is 0 Å². The summed E-state index contributed by atoms with van der Waals surface area (Å²) < 4.78 is 7.20. The molecule has 0 bridgehead atoms. The minimum absolute atomic E-state index is 0.583. The summed E-state index contributed by atoms with van der Waals surface area (Å²) in [6.07, 6.45) is 0. The van der Waals surface area contributed by atoms with Crippen LogP contribution in [0.15, 0.2) is 43.9 Å². The first-order valence-electron chi connectivity index (χ1n) is 6.29. The summed E-state index contributed by atoms with van der Waals surface area (Å²) in [7, 11) is 0. The van der Waals surface area contributed by atoms with Gasteiger partial charge in [0.05, 0.1) is 11.0 Å². The van der Waals surface area contributed by atoms with E-state index in [1.807, 2.05) is 6.07 Å². The molecule has 4 heteroatoms. The van der Waals surface area contributed by atoms with E-state index >= 15 is 0 Å². The Morgan fingerprint density at radius 2 is 1.79 bits per heavy atom. The third-order valence-corrected chi connectivity index (χ3v) is 4.68. The molecule has 1 N–H and O–H groups in total. The van der Waals surface area contributed by atoms with Crippen LogP contribution in [0.5, 0.6) is 0 Å². The molecule has 1 aromatic carbocycles. The molecule has 0 unspecified atom stereocenters. The third-order valence-electron chi connectivity index (χ3n) is 2.97. The van der Waals surface area contributed by atoms with E-state index in [0.717, 1.165) is 28.0 Å². The van der Waals surface area contributed by atoms with Crippen LogP contribution < -0.4 is 5.32 Å². The van der Waals surface area contributed by atoms with Crippen molar-refractivity contribution in [2.75, 3.05) is 0 Å². The van der Waals surface area contributed by atoms with Gasteiger partial charge in [0.1, 0.15) is 5.76 Å². The second-order valence-electron chi connectivity index (χ2n) is 4.83. The predicted octanol–water partition coefficient (Wildman–Crippen LogP) is 5.22. The lowest BCUT2D eigenvalue weighted by Crippen LogP contribution is -2.12. The van der Waals surface area contributed by atoms with Crippen molar-refractivity contribution in [3.8, 4) is 0 Å². The number of hydrogen-bond donors (Lipinski definition) is 1. The molecule has 2 rings (SSSR count). The van der Waals surface area contributed by atoms with Crippen molar-refractivity contribution in [3.63, 3.8) is 0 Å². The SMILES string of the molecule is CC(C)c1ccc(CNCc2cc(Br)c(Br)o2)cc1. The summed E-state index contributed by atoms with van der Waals surface area (Å²) in [6, 6.07) is 10.7. The van der Waals surface area contributed by atoms with Gasteiger partial charge in [0.25, 0.3) is 0 Å². The molecule has 0 aliphatic heterocycles. The van der Waals surface area contributed by atoms with E-state index in [-0.39, 0.29) is 0 Å². The molecule has 1 aromatic heterocycles. The standard InChI is InChI=1S/C15H17Br2NO/c1-10(2)12-5-3-11(4-6-12)8-18-9-13-7-14(16)15(17)19-13/h3-7,10,18H,8-9H2,1-2H3. The summed E-state index contributed by atoms with van der Waals surface area (Å²) in [4.78, 5) is 0. The zero-order valence-electron chi connectivity index (χ0n) is 11.0. The van der Waals surface area contributed by atoms with Crippen molar-refractivity contribution in [2.24, 2.45) is 0 Å². The molecule has 2 aromatic rings. The van der Waals surface area contributed by atoms with Gasteiger partial charge in [0.2, 0.25) is 0 Å². The lowest BCUT2D eigenvalue weighted by molar-refractivity contribution is 0.464. The van der Waals surface area contributed by atoms with Crippen LogP contribution in [0.3, 0.4) is 0 Å². The fourth-order valence-electron chi connectivity index (χ4n) is 1.83. The molecule has 0 radical (unpaired) electrons. The first kappa shape index (κ1) is 14.8. The van der Waals surface area contributed by atoms with Gasteiger partial charge < -0.3 is 9.73 Å². The van der Waals surface area contributed by atoms with Crippen LogP contribution in [-0.2, 0) is 13.1 Å². The Kier molecular flexibility index (Phi) is 5.25. The highest BCUT2D eigenvalue weighted by Gasteiger charge is 2.05. The Balaban J connectivity index is 1.85. The molecule has 102 valence electrons. The zero-order valence-corrected chi connectivity index (χ0v) is 14.2. The Morgan fingerprint density at radius 3 is 2.32 bits per heavy atom. The van der Waals surface area contributed by atoms with E-state index in [0.29, 0.717) is 5.92 Å². The van der Waals surface area contributed by atoms with Crippen molar-refractivity contribution in [1.82, 2.24) is 5.32 Å². The molecule has 2 nitrogen and oxygen atoms in total. The molecule has 0 saturated heterocycles. The largest absolute Gasteiger partial charge is 0.452 e. The quantitative estimate of drug-likeness (QED) is 0.762. The number of rotatable bonds is 5. The van der Waals surface area contributed by atoms with Gasteiger partial charge in [-0.2, -0.15) is 0 Å². The fourth-order valence-corrected chi connectivity index (χ4v) is 2.49. The Bertz CT molecular complexity index is 512. The zero-order chi connectivity index (χ0) is 13.8. The Hall–Kier alpha value is -0.580. The molecule has 0 aliphatic rings. The minimum Gasteiger partial charge on any atom is -0.452 e. The van der Waals surface area contributed by atoms with Crippen LogP contribution in [0, 0.1) is 0 Å². The van der Waals surface area contributed by atoms with Gasteiger partial charge in [-0.15, -0.1) is 0 Å². The van der Waals surface area contributed by atoms with Crippen LogP contribution in [0.1, 0.15) is 36.7 Å². The van der Waals surface area contributed by atoms with Gasteiger partial charge in [-0.05, 0) is 55.0 Å². The summed E-state index contributed by atoms with van der Waals surface area (Å²) in [6.45, 7) is 5.98. The topological polar surface area (TPSA) is 25.2 Å².